The average Bonchev–Trinajstić information content (AvgIpc) is 2.36. The molecule has 1 unspecified atom stereocenters. The van der Waals surface area contributed by atoms with Crippen LogP contribution in [0.4, 0.5) is 0 Å². The van der Waals surface area contributed by atoms with Gasteiger partial charge in [0.1, 0.15) is 6.29 Å². The van der Waals surface area contributed by atoms with Crippen molar-refractivity contribution in [3.05, 3.63) is 0 Å². The van der Waals surface area contributed by atoms with Crippen LogP contribution in [-0.4, -0.2) is 42.8 Å². The van der Waals surface area contributed by atoms with Gasteiger partial charge in [-0.25, -0.2) is 0 Å². The van der Waals surface area contributed by atoms with E-state index in [1.807, 2.05) is 0 Å². The van der Waals surface area contributed by atoms with Crippen molar-refractivity contribution in [2.45, 2.75) is 45.6 Å². The molecule has 0 bridgehead atoms. The summed E-state index contributed by atoms with van der Waals surface area (Å²) in [6, 6.07) is 0.286. The van der Waals surface area contributed by atoms with Crippen molar-refractivity contribution in [1.82, 2.24) is 10.2 Å². The molecule has 0 aliphatic carbocycles. The number of nitrogens with one attached hydrogen (secondary N) is 1. The number of aldehydes is 1. The van der Waals surface area contributed by atoms with E-state index in [1.165, 1.54) is 0 Å². The van der Waals surface area contributed by atoms with Gasteiger partial charge in [-0.15, -0.1) is 0 Å². The minimum atomic E-state index is 0.0882. The lowest BCUT2D eigenvalue weighted by Crippen LogP contribution is -2.45. The molecule has 1 atom stereocenters. The molecule has 0 aromatic rings. The Bertz CT molecular complexity index is 252. The molecule has 0 aromatic heterocycles. The number of carbonyl (C=O) groups excluding carboxylic acids is 2. The minimum Gasteiger partial charge on any atom is -0.352 e. The molecular weight excluding hydrogens is 216 g/mol. The molecule has 1 amide bonds. The van der Waals surface area contributed by atoms with Gasteiger partial charge in [0, 0.05) is 18.5 Å². The van der Waals surface area contributed by atoms with Gasteiger partial charge in [0.05, 0.1) is 6.54 Å². The Morgan fingerprint density at radius 2 is 2.18 bits per heavy atom. The Hall–Kier alpha value is -0.900. The van der Waals surface area contributed by atoms with Crippen LogP contribution in [0.25, 0.3) is 0 Å². The zero-order valence-corrected chi connectivity index (χ0v) is 10.9. The predicted octanol–water partition coefficient (Wildman–Crippen LogP) is 1.20. The summed E-state index contributed by atoms with van der Waals surface area (Å²) in [5.74, 6) is 0.204. The van der Waals surface area contributed by atoms with Crippen molar-refractivity contribution in [3.63, 3.8) is 0 Å². The van der Waals surface area contributed by atoms with Crippen LogP contribution in [0, 0.1) is 5.92 Å². The second-order valence-corrected chi connectivity index (χ2v) is 4.85. The molecule has 0 spiro atoms. The van der Waals surface area contributed by atoms with E-state index in [2.05, 4.69) is 24.1 Å². The molecule has 98 valence electrons. The van der Waals surface area contributed by atoms with Gasteiger partial charge >= 0.3 is 0 Å². The molecular formula is C13H24N2O2. The summed E-state index contributed by atoms with van der Waals surface area (Å²) < 4.78 is 0. The fourth-order valence-electron chi connectivity index (χ4n) is 2.32. The molecule has 17 heavy (non-hydrogen) atoms. The molecule has 0 radical (unpaired) electrons. The lowest BCUT2D eigenvalue weighted by Gasteiger charge is -2.29. The molecule has 1 saturated heterocycles. The third kappa shape index (κ3) is 4.86. The summed E-state index contributed by atoms with van der Waals surface area (Å²) >= 11 is 0. The van der Waals surface area contributed by atoms with Crippen LogP contribution in [-0.2, 0) is 9.59 Å². The first kappa shape index (κ1) is 14.2. The zero-order valence-electron chi connectivity index (χ0n) is 10.9. The van der Waals surface area contributed by atoms with E-state index in [-0.39, 0.29) is 17.9 Å². The lowest BCUT2D eigenvalue weighted by molar-refractivity contribution is -0.124. The highest BCUT2D eigenvalue weighted by molar-refractivity contribution is 5.78. The number of rotatable bonds is 6. The Kier molecular flexibility index (Phi) is 6.19. The van der Waals surface area contributed by atoms with Gasteiger partial charge in [-0.05, 0) is 32.2 Å². The fourth-order valence-corrected chi connectivity index (χ4v) is 2.32. The van der Waals surface area contributed by atoms with E-state index in [1.54, 1.807) is 0 Å². The van der Waals surface area contributed by atoms with Gasteiger partial charge in [0.15, 0.2) is 0 Å². The van der Waals surface area contributed by atoms with E-state index in [9.17, 15) is 9.59 Å². The molecule has 1 aliphatic heterocycles. The van der Waals surface area contributed by atoms with Crippen LogP contribution >= 0.6 is 0 Å². The van der Waals surface area contributed by atoms with Crippen LogP contribution in [0.2, 0.25) is 0 Å². The second kappa shape index (κ2) is 7.43. The van der Waals surface area contributed by atoms with E-state index < -0.39 is 0 Å². The minimum absolute atomic E-state index is 0.0882. The Morgan fingerprint density at radius 3 is 2.76 bits per heavy atom. The van der Waals surface area contributed by atoms with Gasteiger partial charge in [-0.3, -0.25) is 9.69 Å². The summed E-state index contributed by atoms with van der Waals surface area (Å²) in [6.45, 7) is 6.26. The smallest absolute Gasteiger partial charge is 0.234 e. The first-order chi connectivity index (χ1) is 8.19. The zero-order chi connectivity index (χ0) is 12.7. The number of likely N-dealkylation sites (tertiary alicyclic amines) is 1. The van der Waals surface area contributed by atoms with Crippen molar-refractivity contribution >= 4 is 12.2 Å². The maximum Gasteiger partial charge on any atom is 0.234 e. The maximum atomic E-state index is 11.8. The van der Waals surface area contributed by atoms with Crippen LogP contribution in [0.3, 0.4) is 0 Å². The summed E-state index contributed by atoms with van der Waals surface area (Å²) in [5, 5.41) is 3.03. The van der Waals surface area contributed by atoms with E-state index in [0.29, 0.717) is 6.54 Å². The molecule has 1 rings (SSSR count). The largest absolute Gasteiger partial charge is 0.352 e. The third-order valence-electron chi connectivity index (χ3n) is 3.45. The second-order valence-electron chi connectivity index (χ2n) is 4.85. The van der Waals surface area contributed by atoms with Crippen LogP contribution in [0.15, 0.2) is 0 Å². The predicted molar refractivity (Wildman–Crippen MR) is 67.7 cm³/mol. The monoisotopic (exact) mass is 240 g/mol. The van der Waals surface area contributed by atoms with Crippen molar-refractivity contribution in [2.24, 2.45) is 5.92 Å². The highest BCUT2D eigenvalue weighted by Gasteiger charge is 2.21. The van der Waals surface area contributed by atoms with Gasteiger partial charge in [-0.2, -0.15) is 0 Å². The summed E-state index contributed by atoms with van der Waals surface area (Å²) in [6.07, 6.45) is 4.94. The average molecular weight is 240 g/mol. The van der Waals surface area contributed by atoms with E-state index in [4.69, 9.17) is 0 Å². The molecule has 0 aromatic carbocycles. The summed E-state index contributed by atoms with van der Waals surface area (Å²) in [5.41, 5.74) is 0. The topological polar surface area (TPSA) is 49.4 Å². The fraction of sp³-hybridized carbons (Fsp3) is 0.846. The highest BCUT2D eigenvalue weighted by atomic mass is 16.2. The number of nitrogens with zero attached hydrogens (tertiary/aromatic N) is 1. The molecule has 1 heterocycles. The Morgan fingerprint density at radius 1 is 1.47 bits per heavy atom. The maximum absolute atomic E-state index is 11.8. The SMILES string of the molecule is CCC(CC)NC(=O)CN1CCCC(C=O)C1. The Labute approximate surface area is 104 Å². The summed E-state index contributed by atoms with van der Waals surface area (Å²) in [4.78, 5) is 24.6. The number of amides is 1. The molecule has 0 saturated carbocycles. The third-order valence-corrected chi connectivity index (χ3v) is 3.45. The van der Waals surface area contributed by atoms with Gasteiger partial charge < -0.3 is 10.1 Å². The van der Waals surface area contributed by atoms with E-state index >= 15 is 0 Å². The number of carbonyl (C=O) groups is 2. The first-order valence-corrected chi connectivity index (χ1v) is 6.66. The van der Waals surface area contributed by atoms with Crippen LogP contribution in [0.1, 0.15) is 39.5 Å². The number of piperidine rings is 1. The highest BCUT2D eigenvalue weighted by Crippen LogP contribution is 2.13. The lowest BCUT2D eigenvalue weighted by atomic mass is 10.00. The van der Waals surface area contributed by atoms with Crippen molar-refractivity contribution in [3.8, 4) is 0 Å². The van der Waals surface area contributed by atoms with Gasteiger partial charge in [0.25, 0.3) is 0 Å². The molecule has 4 nitrogen and oxygen atoms in total. The molecule has 1 fully saturated rings. The van der Waals surface area contributed by atoms with Crippen molar-refractivity contribution in [2.75, 3.05) is 19.6 Å². The number of hydrogen-bond donors (Lipinski definition) is 1. The molecule has 4 heteroatoms. The first-order valence-electron chi connectivity index (χ1n) is 6.66. The van der Waals surface area contributed by atoms with Gasteiger partial charge in [0.2, 0.25) is 5.91 Å². The van der Waals surface area contributed by atoms with Crippen molar-refractivity contribution < 1.29 is 9.59 Å². The van der Waals surface area contributed by atoms with Crippen LogP contribution in [0.5, 0.6) is 0 Å². The Balaban J connectivity index is 2.32. The standard InChI is InChI=1S/C13H24N2O2/c1-3-12(4-2)14-13(17)9-15-7-5-6-11(8-15)10-16/h10-12H,3-9H2,1-2H3,(H,14,17). The van der Waals surface area contributed by atoms with Crippen LogP contribution < -0.4 is 5.32 Å². The van der Waals surface area contributed by atoms with Crippen molar-refractivity contribution in [1.29, 1.82) is 0 Å². The normalized spacial score (nSPS) is 21.5. The van der Waals surface area contributed by atoms with Gasteiger partial charge in [-0.1, -0.05) is 13.8 Å². The molecule has 1 aliphatic rings. The van der Waals surface area contributed by atoms with E-state index in [0.717, 1.165) is 45.1 Å². The number of hydrogen-bond acceptors (Lipinski definition) is 3. The summed E-state index contributed by atoms with van der Waals surface area (Å²) in [7, 11) is 0. The quantitative estimate of drug-likeness (QED) is 0.710. The molecule has 1 N–H and O–H groups in total.